The summed E-state index contributed by atoms with van der Waals surface area (Å²) in [6.45, 7) is 0. The lowest BCUT2D eigenvalue weighted by Gasteiger charge is -2.03. The maximum atomic E-state index is 9.42. The van der Waals surface area contributed by atoms with Crippen molar-refractivity contribution in [2.75, 3.05) is 5.32 Å². The molecule has 3 nitrogen and oxygen atoms in total. The van der Waals surface area contributed by atoms with Crippen LogP contribution in [0.3, 0.4) is 0 Å². The molecule has 0 aliphatic rings. The summed E-state index contributed by atoms with van der Waals surface area (Å²) in [7, 11) is 0. The van der Waals surface area contributed by atoms with Gasteiger partial charge in [-0.15, -0.1) is 11.3 Å². The SMILES string of the molecule is Oc1ccccc1Nc1nccs1. The Hall–Kier alpha value is -1.55. The van der Waals surface area contributed by atoms with Crippen LogP contribution in [0.25, 0.3) is 0 Å². The lowest BCUT2D eigenvalue weighted by molar-refractivity contribution is 0.478. The molecule has 2 aromatic rings. The standard InChI is InChI=1S/C9H8N2OS/c12-8-4-2-1-3-7(8)11-9-10-5-6-13-9/h1-6,12H,(H,10,11). The van der Waals surface area contributed by atoms with Gasteiger partial charge in [0.05, 0.1) is 5.69 Å². The monoisotopic (exact) mass is 192 g/mol. The highest BCUT2D eigenvalue weighted by molar-refractivity contribution is 7.13. The topological polar surface area (TPSA) is 45.1 Å². The fraction of sp³-hybridized carbons (Fsp3) is 0. The zero-order chi connectivity index (χ0) is 9.10. The van der Waals surface area contributed by atoms with Gasteiger partial charge in [-0.25, -0.2) is 4.98 Å². The molecule has 0 aliphatic heterocycles. The maximum absolute atomic E-state index is 9.42. The van der Waals surface area contributed by atoms with Gasteiger partial charge < -0.3 is 10.4 Å². The first-order valence-electron chi connectivity index (χ1n) is 3.81. The molecule has 1 heterocycles. The Labute approximate surface area is 79.7 Å². The van der Waals surface area contributed by atoms with Crippen molar-refractivity contribution in [3.63, 3.8) is 0 Å². The van der Waals surface area contributed by atoms with E-state index in [1.165, 1.54) is 11.3 Å². The predicted molar refractivity (Wildman–Crippen MR) is 53.5 cm³/mol. The first-order valence-corrected chi connectivity index (χ1v) is 4.69. The molecule has 0 aliphatic carbocycles. The van der Waals surface area contributed by atoms with Gasteiger partial charge in [0.2, 0.25) is 0 Å². The quantitative estimate of drug-likeness (QED) is 0.719. The van der Waals surface area contributed by atoms with Gasteiger partial charge in [-0.1, -0.05) is 12.1 Å². The van der Waals surface area contributed by atoms with Crippen LogP contribution in [0.4, 0.5) is 10.8 Å². The summed E-state index contributed by atoms with van der Waals surface area (Å²) in [6, 6.07) is 7.07. The van der Waals surface area contributed by atoms with Gasteiger partial charge in [0.25, 0.3) is 0 Å². The Morgan fingerprint density at radius 1 is 1.31 bits per heavy atom. The summed E-state index contributed by atoms with van der Waals surface area (Å²) in [5.74, 6) is 0.234. The molecule has 2 N–H and O–H groups in total. The van der Waals surface area contributed by atoms with E-state index in [9.17, 15) is 5.11 Å². The van der Waals surface area contributed by atoms with Gasteiger partial charge >= 0.3 is 0 Å². The Bertz CT molecular complexity index is 386. The van der Waals surface area contributed by atoms with Crippen LogP contribution in [0, 0.1) is 0 Å². The van der Waals surface area contributed by atoms with Crippen LogP contribution < -0.4 is 5.32 Å². The van der Waals surface area contributed by atoms with Crippen LogP contribution in [0.15, 0.2) is 35.8 Å². The van der Waals surface area contributed by atoms with E-state index in [-0.39, 0.29) is 5.75 Å². The number of thiazole rings is 1. The zero-order valence-corrected chi connectivity index (χ0v) is 7.58. The van der Waals surface area contributed by atoms with Crippen LogP contribution >= 0.6 is 11.3 Å². The highest BCUT2D eigenvalue weighted by Crippen LogP contribution is 2.26. The number of phenolic OH excluding ortho intramolecular Hbond substituents is 1. The second-order valence-corrected chi connectivity index (χ2v) is 3.37. The van der Waals surface area contributed by atoms with E-state index in [1.807, 2.05) is 11.4 Å². The molecular formula is C9H8N2OS. The Morgan fingerprint density at radius 3 is 2.85 bits per heavy atom. The average Bonchev–Trinajstić information content (AvgIpc) is 2.61. The largest absolute Gasteiger partial charge is 0.506 e. The summed E-state index contributed by atoms with van der Waals surface area (Å²) >= 11 is 1.49. The van der Waals surface area contributed by atoms with Gasteiger partial charge in [-0.3, -0.25) is 0 Å². The lowest BCUT2D eigenvalue weighted by atomic mass is 10.3. The molecule has 1 aromatic carbocycles. The number of para-hydroxylation sites is 2. The molecule has 0 fully saturated rings. The molecule has 0 saturated carbocycles. The minimum absolute atomic E-state index is 0.234. The van der Waals surface area contributed by atoms with Crippen LogP contribution in [-0.2, 0) is 0 Å². The van der Waals surface area contributed by atoms with Gasteiger partial charge in [-0.2, -0.15) is 0 Å². The zero-order valence-electron chi connectivity index (χ0n) is 6.77. The van der Waals surface area contributed by atoms with Crippen LogP contribution in [0.1, 0.15) is 0 Å². The Balaban J connectivity index is 2.24. The van der Waals surface area contributed by atoms with Crippen molar-refractivity contribution in [1.29, 1.82) is 0 Å². The number of anilines is 2. The summed E-state index contributed by atoms with van der Waals surface area (Å²) in [4.78, 5) is 4.05. The third-order valence-electron chi connectivity index (χ3n) is 1.58. The van der Waals surface area contributed by atoms with Gasteiger partial charge in [0.15, 0.2) is 5.13 Å². The van der Waals surface area contributed by atoms with Crippen molar-refractivity contribution in [2.24, 2.45) is 0 Å². The van der Waals surface area contributed by atoms with E-state index in [0.717, 1.165) is 5.13 Å². The molecule has 0 bridgehead atoms. The maximum Gasteiger partial charge on any atom is 0.187 e. The third-order valence-corrected chi connectivity index (χ3v) is 2.27. The molecule has 4 heteroatoms. The number of hydrogen-bond acceptors (Lipinski definition) is 4. The average molecular weight is 192 g/mol. The smallest absolute Gasteiger partial charge is 0.187 e. The molecule has 0 radical (unpaired) electrons. The number of benzene rings is 1. The molecule has 0 amide bonds. The molecular weight excluding hydrogens is 184 g/mol. The summed E-state index contributed by atoms with van der Waals surface area (Å²) in [5, 5.41) is 15.1. The first kappa shape index (κ1) is 8.07. The molecule has 0 spiro atoms. The molecule has 13 heavy (non-hydrogen) atoms. The highest BCUT2D eigenvalue weighted by atomic mass is 32.1. The number of nitrogens with one attached hydrogen (secondary N) is 1. The Kier molecular flexibility index (Phi) is 2.14. The van der Waals surface area contributed by atoms with Gasteiger partial charge in [0, 0.05) is 11.6 Å². The number of aromatic hydroxyl groups is 1. The number of phenols is 1. The molecule has 66 valence electrons. The van der Waals surface area contributed by atoms with E-state index >= 15 is 0 Å². The fourth-order valence-corrected chi connectivity index (χ4v) is 1.52. The number of hydrogen-bond donors (Lipinski definition) is 2. The summed E-state index contributed by atoms with van der Waals surface area (Å²) < 4.78 is 0. The fourth-order valence-electron chi connectivity index (χ4n) is 0.980. The van der Waals surface area contributed by atoms with E-state index in [2.05, 4.69) is 10.3 Å². The normalized spacial score (nSPS) is 9.85. The van der Waals surface area contributed by atoms with Crippen molar-refractivity contribution in [3.8, 4) is 5.75 Å². The van der Waals surface area contributed by atoms with Crippen molar-refractivity contribution >= 4 is 22.2 Å². The van der Waals surface area contributed by atoms with Gasteiger partial charge in [-0.05, 0) is 12.1 Å². The van der Waals surface area contributed by atoms with E-state index in [4.69, 9.17) is 0 Å². The van der Waals surface area contributed by atoms with Crippen molar-refractivity contribution in [2.45, 2.75) is 0 Å². The first-order chi connectivity index (χ1) is 6.36. The molecule has 0 atom stereocenters. The summed E-state index contributed by atoms with van der Waals surface area (Å²) in [6.07, 6.45) is 1.72. The number of nitrogens with zero attached hydrogens (tertiary/aromatic N) is 1. The van der Waals surface area contributed by atoms with Crippen LogP contribution in [0.2, 0.25) is 0 Å². The van der Waals surface area contributed by atoms with Crippen LogP contribution in [0.5, 0.6) is 5.75 Å². The minimum Gasteiger partial charge on any atom is -0.506 e. The minimum atomic E-state index is 0.234. The van der Waals surface area contributed by atoms with E-state index < -0.39 is 0 Å². The molecule has 1 aromatic heterocycles. The van der Waals surface area contributed by atoms with Crippen molar-refractivity contribution in [3.05, 3.63) is 35.8 Å². The van der Waals surface area contributed by atoms with Crippen molar-refractivity contribution in [1.82, 2.24) is 4.98 Å². The van der Waals surface area contributed by atoms with Crippen molar-refractivity contribution < 1.29 is 5.11 Å². The van der Waals surface area contributed by atoms with E-state index in [0.29, 0.717) is 5.69 Å². The molecule has 0 unspecified atom stereocenters. The Morgan fingerprint density at radius 2 is 2.15 bits per heavy atom. The third kappa shape index (κ3) is 1.78. The highest BCUT2D eigenvalue weighted by Gasteiger charge is 2.00. The van der Waals surface area contributed by atoms with Gasteiger partial charge in [0.1, 0.15) is 5.75 Å². The molecule has 2 rings (SSSR count). The lowest BCUT2D eigenvalue weighted by Crippen LogP contribution is -1.88. The van der Waals surface area contributed by atoms with Crippen LogP contribution in [-0.4, -0.2) is 10.1 Å². The van der Waals surface area contributed by atoms with E-state index in [1.54, 1.807) is 24.4 Å². The second-order valence-electron chi connectivity index (χ2n) is 2.48. The molecule has 0 saturated heterocycles. The number of rotatable bonds is 2. The second kappa shape index (κ2) is 3.45. The summed E-state index contributed by atoms with van der Waals surface area (Å²) in [5.41, 5.74) is 0.678. The predicted octanol–water partition coefficient (Wildman–Crippen LogP) is 2.59. The number of aromatic nitrogens is 1.